The average molecular weight is 263 g/mol. The fraction of sp³-hybridized carbons (Fsp3) is 0.400. The molecule has 0 N–H and O–H groups in total. The van der Waals surface area contributed by atoms with Crippen LogP contribution in [0, 0.1) is 13.8 Å². The molecule has 1 aromatic heterocycles. The number of halogens is 1. The summed E-state index contributed by atoms with van der Waals surface area (Å²) in [7, 11) is 0. The summed E-state index contributed by atoms with van der Waals surface area (Å²) in [5, 5.41) is 5.32. The van der Waals surface area contributed by atoms with Gasteiger partial charge in [0.25, 0.3) is 0 Å². The van der Waals surface area contributed by atoms with E-state index in [9.17, 15) is 0 Å². The molecular formula is C15H19ClN2. The largest absolute Gasteiger partial charge is 0.249 e. The van der Waals surface area contributed by atoms with Crippen LogP contribution in [-0.4, -0.2) is 9.78 Å². The Kier molecular flexibility index (Phi) is 3.76. The molecule has 1 aromatic carbocycles. The van der Waals surface area contributed by atoms with Crippen molar-refractivity contribution in [3.63, 3.8) is 0 Å². The summed E-state index contributed by atoms with van der Waals surface area (Å²) in [6.07, 6.45) is 0. The highest BCUT2D eigenvalue weighted by atomic mass is 35.5. The molecule has 0 atom stereocenters. The average Bonchev–Trinajstić information content (AvgIpc) is 2.57. The number of rotatable bonds is 3. The molecule has 3 heteroatoms. The van der Waals surface area contributed by atoms with Gasteiger partial charge in [-0.05, 0) is 30.9 Å². The van der Waals surface area contributed by atoms with Gasteiger partial charge in [-0.25, -0.2) is 4.68 Å². The molecule has 2 nitrogen and oxygen atoms in total. The molecule has 0 aliphatic carbocycles. The summed E-state index contributed by atoms with van der Waals surface area (Å²) in [5.74, 6) is 0.406. The predicted octanol–water partition coefficient (Wildman–Crippen LogP) is 4.33. The van der Waals surface area contributed by atoms with Gasteiger partial charge in [0.1, 0.15) is 5.15 Å². The first-order chi connectivity index (χ1) is 8.50. The zero-order valence-corrected chi connectivity index (χ0v) is 12.1. The number of hydrogen-bond donors (Lipinski definition) is 0. The molecule has 0 saturated heterocycles. The maximum atomic E-state index is 6.43. The van der Waals surface area contributed by atoms with E-state index >= 15 is 0 Å². The third-order valence-electron chi connectivity index (χ3n) is 3.27. The Morgan fingerprint density at radius 3 is 2.44 bits per heavy atom. The zero-order valence-electron chi connectivity index (χ0n) is 11.4. The first kappa shape index (κ1) is 13.2. The first-order valence-electron chi connectivity index (χ1n) is 6.28. The van der Waals surface area contributed by atoms with Gasteiger partial charge >= 0.3 is 0 Å². The van der Waals surface area contributed by atoms with Crippen molar-refractivity contribution < 1.29 is 0 Å². The summed E-state index contributed by atoms with van der Waals surface area (Å²) in [6, 6.07) is 8.34. The molecule has 0 amide bonds. The minimum Gasteiger partial charge on any atom is -0.249 e. The number of nitrogens with zero attached hydrogens (tertiary/aromatic N) is 2. The molecule has 0 spiro atoms. The fourth-order valence-corrected chi connectivity index (χ4v) is 2.73. The molecule has 0 unspecified atom stereocenters. The van der Waals surface area contributed by atoms with Crippen LogP contribution in [0.1, 0.15) is 42.1 Å². The number of aromatic nitrogens is 2. The standard InChI is InChI=1S/C15H19ClN2/c1-10(2)14-12(4)17-18(15(14)16)9-13-8-6-5-7-11(13)3/h5-8,10H,9H2,1-4H3. The molecule has 0 aliphatic rings. The molecule has 1 heterocycles. The van der Waals surface area contributed by atoms with Crippen molar-refractivity contribution in [2.75, 3.05) is 0 Å². The van der Waals surface area contributed by atoms with Crippen molar-refractivity contribution in [2.24, 2.45) is 0 Å². The van der Waals surface area contributed by atoms with E-state index in [0.29, 0.717) is 5.92 Å². The molecule has 0 aliphatic heterocycles. The Bertz CT molecular complexity index is 556. The van der Waals surface area contributed by atoms with E-state index in [0.717, 1.165) is 23.0 Å². The summed E-state index contributed by atoms with van der Waals surface area (Å²) in [6.45, 7) is 9.17. The van der Waals surface area contributed by atoms with Crippen LogP contribution >= 0.6 is 11.6 Å². The van der Waals surface area contributed by atoms with Crippen molar-refractivity contribution in [3.05, 3.63) is 51.8 Å². The van der Waals surface area contributed by atoms with E-state index in [4.69, 9.17) is 11.6 Å². The third kappa shape index (κ3) is 2.44. The van der Waals surface area contributed by atoms with Crippen molar-refractivity contribution in [2.45, 2.75) is 40.2 Å². The van der Waals surface area contributed by atoms with E-state index in [-0.39, 0.29) is 0 Å². The molecule has 96 valence electrons. The fourth-order valence-electron chi connectivity index (χ4n) is 2.28. The van der Waals surface area contributed by atoms with E-state index in [2.05, 4.69) is 44.1 Å². The lowest BCUT2D eigenvalue weighted by Gasteiger charge is -2.08. The third-order valence-corrected chi connectivity index (χ3v) is 3.67. The Balaban J connectivity index is 2.36. The molecular weight excluding hydrogens is 244 g/mol. The van der Waals surface area contributed by atoms with Crippen LogP contribution in [0.2, 0.25) is 5.15 Å². The van der Waals surface area contributed by atoms with Gasteiger partial charge in [-0.1, -0.05) is 49.7 Å². The van der Waals surface area contributed by atoms with E-state index in [1.807, 2.05) is 17.7 Å². The van der Waals surface area contributed by atoms with Crippen molar-refractivity contribution in [1.29, 1.82) is 0 Å². The van der Waals surface area contributed by atoms with Gasteiger partial charge in [0, 0.05) is 5.56 Å². The van der Waals surface area contributed by atoms with Crippen molar-refractivity contribution in [1.82, 2.24) is 9.78 Å². The Hall–Kier alpha value is -1.28. The number of aryl methyl sites for hydroxylation is 2. The van der Waals surface area contributed by atoms with Crippen LogP contribution in [-0.2, 0) is 6.54 Å². The molecule has 0 saturated carbocycles. The van der Waals surface area contributed by atoms with Crippen molar-refractivity contribution in [3.8, 4) is 0 Å². The highest BCUT2D eigenvalue weighted by Gasteiger charge is 2.16. The molecule has 2 aromatic rings. The SMILES string of the molecule is Cc1ccccc1Cn1nc(C)c(C(C)C)c1Cl. The Morgan fingerprint density at radius 1 is 1.22 bits per heavy atom. The summed E-state index contributed by atoms with van der Waals surface area (Å²) >= 11 is 6.43. The monoisotopic (exact) mass is 262 g/mol. The number of benzene rings is 1. The highest BCUT2D eigenvalue weighted by molar-refractivity contribution is 6.30. The molecule has 2 rings (SSSR count). The van der Waals surface area contributed by atoms with Crippen LogP contribution in [0.4, 0.5) is 0 Å². The van der Waals surface area contributed by atoms with Crippen LogP contribution in [0.25, 0.3) is 0 Å². The van der Waals surface area contributed by atoms with Crippen LogP contribution in [0.5, 0.6) is 0 Å². The van der Waals surface area contributed by atoms with E-state index in [1.54, 1.807) is 0 Å². The Labute approximate surface area is 114 Å². The van der Waals surface area contributed by atoms with Gasteiger partial charge in [0.05, 0.1) is 12.2 Å². The zero-order chi connectivity index (χ0) is 13.3. The number of hydrogen-bond acceptors (Lipinski definition) is 1. The maximum Gasteiger partial charge on any atom is 0.131 e. The minimum absolute atomic E-state index is 0.406. The van der Waals surface area contributed by atoms with Crippen molar-refractivity contribution >= 4 is 11.6 Å². The van der Waals surface area contributed by atoms with E-state index in [1.165, 1.54) is 11.1 Å². The van der Waals surface area contributed by atoms with Crippen LogP contribution < -0.4 is 0 Å². The normalized spacial score (nSPS) is 11.2. The predicted molar refractivity (Wildman–Crippen MR) is 76.3 cm³/mol. The van der Waals surface area contributed by atoms with Gasteiger partial charge in [0.15, 0.2) is 0 Å². The lowest BCUT2D eigenvalue weighted by Crippen LogP contribution is -2.03. The molecule has 0 radical (unpaired) electrons. The minimum atomic E-state index is 0.406. The highest BCUT2D eigenvalue weighted by Crippen LogP contribution is 2.28. The van der Waals surface area contributed by atoms with Gasteiger partial charge in [-0.2, -0.15) is 5.10 Å². The second kappa shape index (κ2) is 5.15. The van der Waals surface area contributed by atoms with Crippen LogP contribution in [0.15, 0.2) is 24.3 Å². The quantitative estimate of drug-likeness (QED) is 0.805. The topological polar surface area (TPSA) is 17.8 Å². The van der Waals surface area contributed by atoms with E-state index < -0.39 is 0 Å². The van der Waals surface area contributed by atoms with Crippen LogP contribution in [0.3, 0.4) is 0 Å². The summed E-state index contributed by atoms with van der Waals surface area (Å²) < 4.78 is 1.90. The van der Waals surface area contributed by atoms with Gasteiger partial charge < -0.3 is 0 Å². The molecule has 0 bridgehead atoms. The second-order valence-electron chi connectivity index (χ2n) is 5.03. The Morgan fingerprint density at radius 2 is 1.89 bits per heavy atom. The second-order valence-corrected chi connectivity index (χ2v) is 5.39. The smallest absolute Gasteiger partial charge is 0.131 e. The maximum absolute atomic E-state index is 6.43. The van der Waals surface area contributed by atoms with Gasteiger partial charge in [-0.3, -0.25) is 0 Å². The summed E-state index contributed by atoms with van der Waals surface area (Å²) in [4.78, 5) is 0. The molecule has 18 heavy (non-hydrogen) atoms. The van der Waals surface area contributed by atoms with Gasteiger partial charge in [0.2, 0.25) is 0 Å². The first-order valence-corrected chi connectivity index (χ1v) is 6.65. The summed E-state index contributed by atoms with van der Waals surface area (Å²) in [5.41, 5.74) is 4.72. The van der Waals surface area contributed by atoms with Gasteiger partial charge in [-0.15, -0.1) is 0 Å². The molecule has 0 fully saturated rings. The lowest BCUT2D eigenvalue weighted by molar-refractivity contribution is 0.677. The lowest BCUT2D eigenvalue weighted by atomic mass is 10.1.